The van der Waals surface area contributed by atoms with Crippen molar-refractivity contribution in [1.82, 2.24) is 9.97 Å². The number of ether oxygens (including phenoxy) is 2. The van der Waals surface area contributed by atoms with Crippen molar-refractivity contribution in [3.05, 3.63) is 54.6 Å². The smallest absolute Gasteiger partial charge is 0.404 e. The summed E-state index contributed by atoms with van der Waals surface area (Å²) in [6, 6.07) is 8.76. The minimum Gasteiger partial charge on any atom is -0.489 e. The van der Waals surface area contributed by atoms with E-state index in [1.54, 1.807) is 42.7 Å². The number of rotatable bonds is 6. The SMILES string of the molecule is NC(=O)OCC(=CF)COc1ccc(-c2ncccn2)cc1. The molecule has 0 saturated heterocycles. The van der Waals surface area contributed by atoms with Crippen LogP contribution in [-0.4, -0.2) is 29.3 Å². The van der Waals surface area contributed by atoms with Crippen molar-refractivity contribution in [1.29, 1.82) is 0 Å². The summed E-state index contributed by atoms with van der Waals surface area (Å²) in [5, 5.41) is 0. The molecule has 0 saturated carbocycles. The van der Waals surface area contributed by atoms with Gasteiger partial charge in [-0.05, 0) is 30.3 Å². The highest BCUT2D eigenvalue weighted by Gasteiger charge is 2.04. The lowest BCUT2D eigenvalue weighted by Gasteiger charge is -2.09. The summed E-state index contributed by atoms with van der Waals surface area (Å²) in [4.78, 5) is 18.7. The number of nitrogens with zero attached hydrogens (tertiary/aromatic N) is 2. The third-order valence-corrected chi connectivity index (χ3v) is 2.66. The number of nitrogens with two attached hydrogens (primary N) is 1. The Kier molecular flexibility index (Phi) is 5.42. The molecule has 0 aliphatic carbocycles. The summed E-state index contributed by atoms with van der Waals surface area (Å²) in [5.74, 6) is 1.14. The number of carbonyl (C=O) groups excluding carboxylic acids is 1. The molecule has 0 radical (unpaired) electrons. The third-order valence-electron chi connectivity index (χ3n) is 2.66. The Balaban J connectivity index is 1.93. The van der Waals surface area contributed by atoms with Crippen LogP contribution in [0.5, 0.6) is 5.75 Å². The molecule has 6 nitrogen and oxygen atoms in total. The summed E-state index contributed by atoms with van der Waals surface area (Å²) < 4.78 is 22.5. The zero-order valence-electron chi connectivity index (χ0n) is 11.6. The fraction of sp³-hybridized carbons (Fsp3) is 0.133. The van der Waals surface area contributed by atoms with Gasteiger partial charge in [-0.1, -0.05) is 0 Å². The van der Waals surface area contributed by atoms with E-state index in [9.17, 15) is 9.18 Å². The number of benzene rings is 1. The van der Waals surface area contributed by atoms with Gasteiger partial charge in [0, 0.05) is 23.5 Å². The first kappa shape index (κ1) is 15.4. The Hall–Kier alpha value is -2.96. The second-order valence-corrected chi connectivity index (χ2v) is 4.26. The van der Waals surface area contributed by atoms with E-state index < -0.39 is 6.09 Å². The molecular formula is C15H14FN3O3. The molecule has 0 atom stereocenters. The van der Waals surface area contributed by atoms with E-state index in [2.05, 4.69) is 14.7 Å². The number of amides is 1. The van der Waals surface area contributed by atoms with E-state index in [0.717, 1.165) is 5.56 Å². The normalized spacial score (nSPS) is 11.0. The highest BCUT2D eigenvalue weighted by molar-refractivity contribution is 5.64. The molecule has 0 fully saturated rings. The van der Waals surface area contributed by atoms with Gasteiger partial charge in [0.05, 0.1) is 6.33 Å². The minimum atomic E-state index is -0.966. The van der Waals surface area contributed by atoms with Gasteiger partial charge in [-0.3, -0.25) is 0 Å². The molecule has 114 valence electrons. The molecule has 1 aromatic carbocycles. The first-order valence-corrected chi connectivity index (χ1v) is 6.39. The molecule has 0 bridgehead atoms. The largest absolute Gasteiger partial charge is 0.489 e. The van der Waals surface area contributed by atoms with E-state index in [4.69, 9.17) is 10.5 Å². The second-order valence-electron chi connectivity index (χ2n) is 4.26. The molecule has 22 heavy (non-hydrogen) atoms. The van der Waals surface area contributed by atoms with E-state index >= 15 is 0 Å². The average Bonchev–Trinajstić information content (AvgIpc) is 2.56. The molecule has 7 heteroatoms. The summed E-state index contributed by atoms with van der Waals surface area (Å²) in [6.07, 6.45) is 2.68. The van der Waals surface area contributed by atoms with Gasteiger partial charge in [-0.2, -0.15) is 0 Å². The van der Waals surface area contributed by atoms with Gasteiger partial charge in [0.25, 0.3) is 0 Å². The Morgan fingerprint density at radius 3 is 2.45 bits per heavy atom. The first-order chi connectivity index (χ1) is 10.7. The Labute approximate surface area is 126 Å². The maximum absolute atomic E-state index is 12.6. The van der Waals surface area contributed by atoms with Crippen LogP contribution in [0.3, 0.4) is 0 Å². The molecule has 0 unspecified atom stereocenters. The third kappa shape index (κ3) is 4.55. The van der Waals surface area contributed by atoms with Gasteiger partial charge in [0.1, 0.15) is 19.0 Å². The summed E-state index contributed by atoms with van der Waals surface area (Å²) in [6.45, 7) is -0.299. The topological polar surface area (TPSA) is 87.3 Å². The lowest BCUT2D eigenvalue weighted by Crippen LogP contribution is -2.16. The summed E-state index contributed by atoms with van der Waals surface area (Å²) in [5.41, 5.74) is 5.81. The van der Waals surface area contributed by atoms with E-state index in [1.807, 2.05) is 0 Å². The second kappa shape index (κ2) is 7.72. The Morgan fingerprint density at radius 1 is 1.18 bits per heavy atom. The van der Waals surface area contributed by atoms with Crippen molar-refractivity contribution in [2.24, 2.45) is 5.73 Å². The zero-order chi connectivity index (χ0) is 15.8. The number of carbonyl (C=O) groups is 1. The van der Waals surface area contributed by atoms with Crippen molar-refractivity contribution in [2.45, 2.75) is 0 Å². The lowest BCUT2D eigenvalue weighted by atomic mass is 10.2. The van der Waals surface area contributed by atoms with Gasteiger partial charge in [0.2, 0.25) is 0 Å². The van der Waals surface area contributed by atoms with Crippen LogP contribution in [0.25, 0.3) is 11.4 Å². The molecule has 2 rings (SSSR count). The van der Waals surface area contributed by atoms with E-state index in [-0.39, 0.29) is 18.8 Å². The van der Waals surface area contributed by atoms with Crippen molar-refractivity contribution in [3.8, 4) is 17.1 Å². The van der Waals surface area contributed by atoms with Crippen LogP contribution in [0.15, 0.2) is 54.6 Å². The molecule has 0 aliphatic rings. The summed E-state index contributed by atoms with van der Waals surface area (Å²) >= 11 is 0. The predicted molar refractivity (Wildman–Crippen MR) is 77.7 cm³/mol. The highest BCUT2D eigenvalue weighted by atomic mass is 19.1. The van der Waals surface area contributed by atoms with Gasteiger partial charge in [-0.15, -0.1) is 0 Å². The van der Waals surface area contributed by atoms with Gasteiger partial charge >= 0.3 is 6.09 Å². The van der Waals surface area contributed by atoms with E-state index in [1.165, 1.54) is 0 Å². The quantitative estimate of drug-likeness (QED) is 0.885. The fourth-order valence-corrected chi connectivity index (χ4v) is 1.59. The van der Waals surface area contributed by atoms with Gasteiger partial charge in [0.15, 0.2) is 5.82 Å². The van der Waals surface area contributed by atoms with Crippen LogP contribution in [0.1, 0.15) is 0 Å². The average molecular weight is 303 g/mol. The van der Waals surface area contributed by atoms with Crippen LogP contribution >= 0.6 is 0 Å². The lowest BCUT2D eigenvalue weighted by molar-refractivity contribution is 0.162. The number of hydrogen-bond acceptors (Lipinski definition) is 5. The molecule has 1 heterocycles. The highest BCUT2D eigenvalue weighted by Crippen LogP contribution is 2.19. The maximum atomic E-state index is 12.6. The van der Waals surface area contributed by atoms with Crippen molar-refractivity contribution >= 4 is 6.09 Å². The van der Waals surface area contributed by atoms with Crippen molar-refractivity contribution < 1.29 is 18.7 Å². The van der Waals surface area contributed by atoms with Crippen LogP contribution < -0.4 is 10.5 Å². The van der Waals surface area contributed by atoms with Gasteiger partial charge in [-0.25, -0.2) is 19.2 Å². The summed E-state index contributed by atoms with van der Waals surface area (Å²) in [7, 11) is 0. The Morgan fingerprint density at radius 2 is 1.86 bits per heavy atom. The fourth-order valence-electron chi connectivity index (χ4n) is 1.59. The molecule has 0 spiro atoms. The zero-order valence-corrected chi connectivity index (χ0v) is 11.6. The van der Waals surface area contributed by atoms with Crippen LogP contribution in [0.2, 0.25) is 0 Å². The maximum Gasteiger partial charge on any atom is 0.404 e. The first-order valence-electron chi connectivity index (χ1n) is 6.39. The molecular weight excluding hydrogens is 289 g/mol. The van der Waals surface area contributed by atoms with Crippen molar-refractivity contribution in [3.63, 3.8) is 0 Å². The van der Waals surface area contributed by atoms with Crippen LogP contribution in [0.4, 0.5) is 9.18 Å². The molecule has 2 aromatic rings. The van der Waals surface area contributed by atoms with Crippen LogP contribution in [-0.2, 0) is 4.74 Å². The number of aromatic nitrogens is 2. The standard InChI is InChI=1S/C15H14FN3O3/c16-8-11(10-22-15(17)20)9-21-13-4-2-12(3-5-13)14-18-6-1-7-19-14/h1-8H,9-10H2,(H2,17,20). The molecule has 1 amide bonds. The predicted octanol–water partition coefficient (Wildman–Crippen LogP) is 2.47. The molecule has 1 aromatic heterocycles. The van der Waals surface area contributed by atoms with E-state index in [0.29, 0.717) is 17.9 Å². The molecule has 0 aliphatic heterocycles. The van der Waals surface area contributed by atoms with Gasteiger partial charge < -0.3 is 15.2 Å². The number of primary amides is 1. The minimum absolute atomic E-state index is 0.0506. The monoisotopic (exact) mass is 303 g/mol. The van der Waals surface area contributed by atoms with Crippen LogP contribution in [0, 0.1) is 0 Å². The molecule has 2 N–H and O–H groups in total. The van der Waals surface area contributed by atoms with Crippen molar-refractivity contribution in [2.75, 3.05) is 13.2 Å². The number of hydrogen-bond donors (Lipinski definition) is 1. The number of halogens is 1. The Bertz CT molecular complexity index is 645.